The molecule has 25 heavy (non-hydrogen) atoms. The van der Waals surface area contributed by atoms with E-state index in [0.717, 1.165) is 11.3 Å². The van der Waals surface area contributed by atoms with Crippen LogP contribution in [0, 0.1) is 27.7 Å². The zero-order valence-electron chi connectivity index (χ0n) is 15.5. The first-order chi connectivity index (χ1) is 12.0. The maximum absolute atomic E-state index is 5.11. The molecule has 0 N–H and O–H groups in total. The average Bonchev–Trinajstić information content (AvgIpc) is 2.57. The van der Waals surface area contributed by atoms with Gasteiger partial charge in [0, 0.05) is 5.39 Å². The second-order valence-electron chi connectivity index (χ2n) is 7.10. The third kappa shape index (κ3) is 2.49. The molecule has 2 nitrogen and oxygen atoms in total. The van der Waals surface area contributed by atoms with Gasteiger partial charge in [0.2, 0.25) is 0 Å². The highest BCUT2D eigenvalue weighted by Gasteiger charge is 2.19. The smallest absolute Gasteiger partial charge is 0.232 e. The molecule has 0 aliphatic rings. The Hall–Kier alpha value is -2.74. The fourth-order valence-electron chi connectivity index (χ4n) is 3.62. The van der Waals surface area contributed by atoms with Crippen LogP contribution in [0.4, 0.5) is 0 Å². The first kappa shape index (κ1) is 15.8. The van der Waals surface area contributed by atoms with Crippen molar-refractivity contribution in [3.63, 3.8) is 0 Å². The number of benzene rings is 3. The molecule has 4 rings (SSSR count). The highest BCUT2D eigenvalue weighted by Crippen LogP contribution is 2.30. The van der Waals surface area contributed by atoms with Crippen molar-refractivity contribution < 1.29 is 4.57 Å². The van der Waals surface area contributed by atoms with Gasteiger partial charge in [0.05, 0.1) is 18.0 Å². The Balaban J connectivity index is 2.14. The molecule has 0 radical (unpaired) electrons. The van der Waals surface area contributed by atoms with Crippen molar-refractivity contribution in [2.75, 3.05) is 0 Å². The second-order valence-corrected chi connectivity index (χ2v) is 7.10. The first-order valence-electron chi connectivity index (χ1n) is 8.72. The lowest BCUT2D eigenvalue weighted by Crippen LogP contribution is -2.32. The van der Waals surface area contributed by atoms with E-state index in [0.29, 0.717) is 0 Å². The molecule has 0 fully saturated rings. The number of rotatable bonds is 1. The Labute approximate surface area is 148 Å². The fraction of sp³-hybridized carbons (Fsp3) is 0.217. The molecule has 0 saturated heterocycles. The number of nitrogens with zero attached hydrogens (tertiary/aromatic N) is 2. The van der Waals surface area contributed by atoms with Gasteiger partial charge in [-0.15, -0.1) is 0 Å². The third-order valence-electron chi connectivity index (χ3n) is 5.23. The van der Waals surface area contributed by atoms with Crippen LogP contribution in [0.5, 0.6) is 0 Å². The minimum absolute atomic E-state index is 1.01. The molecule has 0 atom stereocenters. The van der Waals surface area contributed by atoms with Gasteiger partial charge in [-0.25, -0.2) is 4.57 Å². The zero-order valence-corrected chi connectivity index (χ0v) is 15.5. The minimum atomic E-state index is 1.01. The van der Waals surface area contributed by atoms with Gasteiger partial charge in [0.25, 0.3) is 0 Å². The van der Waals surface area contributed by atoms with Crippen molar-refractivity contribution in [3.8, 4) is 11.4 Å². The predicted octanol–water partition coefficient (Wildman–Crippen LogP) is 5.11. The van der Waals surface area contributed by atoms with Gasteiger partial charge >= 0.3 is 5.82 Å². The largest absolute Gasteiger partial charge is 0.331 e. The van der Waals surface area contributed by atoms with Gasteiger partial charge in [-0.3, -0.25) is 0 Å². The standard InChI is InChI=1S/C23H23N2/c1-14-8-6-7-9-19(14)23-24-22-18(13-25(23)5)10-17(4)20-11-15(2)16(3)12-21(20)22/h6-13H,1-5H3/q+1. The molecular weight excluding hydrogens is 304 g/mol. The first-order valence-corrected chi connectivity index (χ1v) is 8.72. The van der Waals surface area contributed by atoms with Gasteiger partial charge in [-0.1, -0.05) is 24.3 Å². The Kier molecular flexibility index (Phi) is 3.57. The topological polar surface area (TPSA) is 16.8 Å². The summed E-state index contributed by atoms with van der Waals surface area (Å²) in [6.07, 6.45) is 2.20. The van der Waals surface area contributed by atoms with Gasteiger partial charge in [0.15, 0.2) is 5.52 Å². The molecule has 1 aromatic heterocycles. The summed E-state index contributed by atoms with van der Waals surface area (Å²) in [5, 5.41) is 3.73. The monoisotopic (exact) mass is 327 g/mol. The van der Waals surface area contributed by atoms with E-state index in [9.17, 15) is 0 Å². The second kappa shape index (κ2) is 5.66. The van der Waals surface area contributed by atoms with Crippen LogP contribution in [0.1, 0.15) is 22.3 Å². The molecule has 3 aromatic carbocycles. The Bertz CT molecular complexity index is 1140. The van der Waals surface area contributed by atoms with E-state index >= 15 is 0 Å². The van der Waals surface area contributed by atoms with Crippen LogP contribution >= 0.6 is 0 Å². The molecule has 0 bridgehead atoms. The van der Waals surface area contributed by atoms with E-state index in [2.05, 4.69) is 88.0 Å². The van der Waals surface area contributed by atoms with Crippen molar-refractivity contribution in [2.45, 2.75) is 27.7 Å². The molecule has 0 aliphatic heterocycles. The van der Waals surface area contributed by atoms with E-state index < -0.39 is 0 Å². The lowest BCUT2D eigenvalue weighted by molar-refractivity contribution is -0.661. The van der Waals surface area contributed by atoms with Gasteiger partial charge in [-0.2, -0.15) is 0 Å². The molecule has 4 aromatic rings. The molecule has 0 aliphatic carbocycles. The summed E-state index contributed by atoms with van der Waals surface area (Å²) in [7, 11) is 2.08. The molecule has 1 heterocycles. The lowest BCUT2D eigenvalue weighted by atomic mass is 9.97. The predicted molar refractivity (Wildman–Crippen MR) is 105 cm³/mol. The number of aryl methyl sites for hydroxylation is 5. The van der Waals surface area contributed by atoms with Crippen LogP contribution in [0.15, 0.2) is 48.7 Å². The molecule has 124 valence electrons. The summed E-state index contributed by atoms with van der Waals surface area (Å²) >= 11 is 0. The number of hydrogen-bond acceptors (Lipinski definition) is 1. The van der Waals surface area contributed by atoms with Gasteiger partial charge in [0.1, 0.15) is 6.20 Å². The van der Waals surface area contributed by atoms with Crippen LogP contribution in [0.25, 0.3) is 33.1 Å². The fourth-order valence-corrected chi connectivity index (χ4v) is 3.62. The Morgan fingerprint density at radius 2 is 1.44 bits per heavy atom. The molecule has 0 amide bonds. The summed E-state index contributed by atoms with van der Waals surface area (Å²) < 4.78 is 2.14. The molecule has 0 saturated carbocycles. The van der Waals surface area contributed by atoms with E-state index in [1.807, 2.05) is 0 Å². The van der Waals surface area contributed by atoms with Gasteiger partial charge < -0.3 is 0 Å². The molecule has 2 heteroatoms. The Morgan fingerprint density at radius 3 is 2.16 bits per heavy atom. The molecule has 0 unspecified atom stereocenters. The highest BCUT2D eigenvalue weighted by atomic mass is 15.0. The van der Waals surface area contributed by atoms with Gasteiger partial charge in [-0.05, 0) is 78.5 Å². The number of fused-ring (bicyclic) bond motifs is 3. The summed E-state index contributed by atoms with van der Waals surface area (Å²) in [6.45, 7) is 8.68. The summed E-state index contributed by atoms with van der Waals surface area (Å²) in [5.74, 6) is 1.01. The summed E-state index contributed by atoms with van der Waals surface area (Å²) in [5.41, 5.74) is 7.45. The number of aromatic nitrogens is 2. The van der Waals surface area contributed by atoms with Crippen LogP contribution in [-0.2, 0) is 7.05 Å². The normalized spacial score (nSPS) is 11.4. The van der Waals surface area contributed by atoms with Crippen molar-refractivity contribution >= 4 is 21.7 Å². The van der Waals surface area contributed by atoms with Crippen molar-refractivity contribution in [1.82, 2.24) is 4.98 Å². The van der Waals surface area contributed by atoms with E-state index in [1.165, 1.54) is 44.0 Å². The van der Waals surface area contributed by atoms with Crippen molar-refractivity contribution in [3.05, 3.63) is 70.9 Å². The van der Waals surface area contributed by atoms with E-state index in [4.69, 9.17) is 4.98 Å². The third-order valence-corrected chi connectivity index (χ3v) is 5.23. The maximum atomic E-state index is 5.11. The Morgan fingerprint density at radius 1 is 0.760 bits per heavy atom. The van der Waals surface area contributed by atoms with E-state index in [-0.39, 0.29) is 0 Å². The van der Waals surface area contributed by atoms with Crippen LogP contribution in [-0.4, -0.2) is 4.98 Å². The lowest BCUT2D eigenvalue weighted by Gasteiger charge is -2.09. The quantitative estimate of drug-likeness (QED) is 0.350. The molecule has 0 spiro atoms. The van der Waals surface area contributed by atoms with Crippen molar-refractivity contribution in [2.24, 2.45) is 7.05 Å². The maximum Gasteiger partial charge on any atom is 0.331 e. The van der Waals surface area contributed by atoms with E-state index in [1.54, 1.807) is 0 Å². The highest BCUT2D eigenvalue weighted by molar-refractivity contribution is 6.07. The average molecular weight is 327 g/mol. The zero-order chi connectivity index (χ0) is 17.7. The summed E-state index contributed by atoms with van der Waals surface area (Å²) in [4.78, 5) is 5.11. The van der Waals surface area contributed by atoms with Crippen LogP contribution in [0.3, 0.4) is 0 Å². The van der Waals surface area contributed by atoms with Crippen molar-refractivity contribution in [1.29, 1.82) is 0 Å². The minimum Gasteiger partial charge on any atom is -0.232 e. The van der Waals surface area contributed by atoms with Crippen LogP contribution in [0.2, 0.25) is 0 Å². The SMILES string of the molecule is Cc1cc2c(C)cc3c[n+](C)c(-c4ccccc4C)nc3c2cc1C. The summed E-state index contributed by atoms with van der Waals surface area (Å²) in [6, 6.07) is 15.3. The van der Waals surface area contributed by atoms with Crippen LogP contribution < -0.4 is 4.57 Å². The molecular formula is C23H23N2+. The number of hydrogen-bond donors (Lipinski definition) is 0.